The van der Waals surface area contributed by atoms with Crippen molar-refractivity contribution < 1.29 is 14.3 Å². The molecule has 1 aliphatic rings. The molecule has 3 aromatic rings. The molecule has 1 amide bonds. The Morgan fingerprint density at radius 3 is 2.72 bits per heavy atom. The lowest BCUT2D eigenvalue weighted by Gasteiger charge is -2.26. The van der Waals surface area contributed by atoms with E-state index in [4.69, 9.17) is 9.47 Å². The van der Waals surface area contributed by atoms with Crippen LogP contribution in [0.3, 0.4) is 0 Å². The molecule has 1 saturated heterocycles. The predicted octanol–water partition coefficient (Wildman–Crippen LogP) is 2.87. The van der Waals surface area contributed by atoms with Gasteiger partial charge in [-0.15, -0.1) is 0 Å². The summed E-state index contributed by atoms with van der Waals surface area (Å²) in [6.45, 7) is 5.36. The molecule has 2 aromatic heterocycles. The normalized spacial score (nSPS) is 14.3. The summed E-state index contributed by atoms with van der Waals surface area (Å²) in [5.41, 5.74) is 1.66. The number of nitrogens with zero attached hydrogens (tertiary/aromatic N) is 4. The van der Waals surface area contributed by atoms with Crippen molar-refractivity contribution in [2.45, 2.75) is 13.8 Å². The second-order valence-corrected chi connectivity index (χ2v) is 7.51. The molecular formula is C24H22N4O4. The first-order chi connectivity index (χ1) is 15.5. The Balaban J connectivity index is 1.87. The zero-order valence-corrected chi connectivity index (χ0v) is 17.9. The smallest absolute Gasteiger partial charge is 0.269 e. The van der Waals surface area contributed by atoms with Gasteiger partial charge in [0.25, 0.3) is 11.5 Å². The highest BCUT2D eigenvalue weighted by Gasteiger charge is 2.23. The molecule has 8 heteroatoms. The van der Waals surface area contributed by atoms with E-state index in [1.807, 2.05) is 44.2 Å². The number of morpholine rings is 1. The minimum atomic E-state index is -0.453. The molecule has 0 radical (unpaired) electrons. The van der Waals surface area contributed by atoms with Gasteiger partial charge in [0, 0.05) is 19.3 Å². The summed E-state index contributed by atoms with van der Waals surface area (Å²) >= 11 is 0. The van der Waals surface area contributed by atoms with E-state index in [-0.39, 0.29) is 17.0 Å². The maximum atomic E-state index is 13.4. The number of carbonyl (C=O) groups excluding carboxylic acids is 1. The minimum absolute atomic E-state index is 0.0350. The number of ether oxygens (including phenoxy) is 2. The van der Waals surface area contributed by atoms with Crippen LogP contribution >= 0.6 is 0 Å². The summed E-state index contributed by atoms with van der Waals surface area (Å²) in [5, 5.41) is 9.69. The number of pyridine rings is 1. The van der Waals surface area contributed by atoms with E-state index in [1.165, 1.54) is 15.4 Å². The predicted molar refractivity (Wildman–Crippen MR) is 118 cm³/mol. The standard InChI is InChI=1S/C24H22N4O4/c1-16-5-3-7-19(13-16)32-22-20(24(30)28-8-4-6-17(2)21(28)26-22)14-18(15-25)23(29)27-9-11-31-12-10-27/h3-8,13-14H,9-12H2,1-2H3/b18-14+. The van der Waals surface area contributed by atoms with Crippen molar-refractivity contribution in [3.8, 4) is 17.7 Å². The molecule has 4 rings (SSSR count). The van der Waals surface area contributed by atoms with Crippen molar-refractivity contribution in [3.63, 3.8) is 0 Å². The molecule has 8 nitrogen and oxygen atoms in total. The third-order valence-corrected chi connectivity index (χ3v) is 5.19. The number of nitriles is 1. The lowest BCUT2D eigenvalue weighted by atomic mass is 10.1. The first-order valence-electron chi connectivity index (χ1n) is 10.2. The fourth-order valence-corrected chi connectivity index (χ4v) is 3.51. The van der Waals surface area contributed by atoms with Gasteiger partial charge < -0.3 is 14.4 Å². The van der Waals surface area contributed by atoms with Gasteiger partial charge in [-0.1, -0.05) is 18.2 Å². The van der Waals surface area contributed by atoms with Crippen LogP contribution in [0.15, 0.2) is 53.0 Å². The summed E-state index contributed by atoms with van der Waals surface area (Å²) < 4.78 is 12.6. The average Bonchev–Trinajstić information content (AvgIpc) is 2.80. The fraction of sp³-hybridized carbons (Fsp3) is 0.250. The van der Waals surface area contributed by atoms with E-state index < -0.39 is 11.5 Å². The van der Waals surface area contributed by atoms with Gasteiger partial charge in [0.2, 0.25) is 5.88 Å². The summed E-state index contributed by atoms with van der Waals surface area (Å²) in [7, 11) is 0. The highest BCUT2D eigenvalue weighted by atomic mass is 16.5. The number of rotatable bonds is 4. The topological polar surface area (TPSA) is 96.9 Å². The highest BCUT2D eigenvalue weighted by molar-refractivity contribution is 6.02. The van der Waals surface area contributed by atoms with Crippen molar-refractivity contribution >= 4 is 17.6 Å². The van der Waals surface area contributed by atoms with Crippen LogP contribution < -0.4 is 10.3 Å². The van der Waals surface area contributed by atoms with Gasteiger partial charge in [-0.25, -0.2) is 0 Å². The molecule has 1 aromatic carbocycles. The third-order valence-electron chi connectivity index (χ3n) is 5.19. The molecule has 0 N–H and O–H groups in total. The molecule has 0 spiro atoms. The molecule has 3 heterocycles. The number of hydrogen-bond acceptors (Lipinski definition) is 6. The third kappa shape index (κ3) is 4.24. The van der Waals surface area contributed by atoms with Crippen LogP contribution in [0.1, 0.15) is 16.7 Å². The number of benzene rings is 1. The van der Waals surface area contributed by atoms with E-state index in [9.17, 15) is 14.9 Å². The molecule has 0 saturated carbocycles. The van der Waals surface area contributed by atoms with Gasteiger partial charge in [-0.3, -0.25) is 14.0 Å². The number of amides is 1. The number of hydrogen-bond donors (Lipinski definition) is 0. The quantitative estimate of drug-likeness (QED) is 0.466. The number of carbonyl (C=O) groups is 1. The fourth-order valence-electron chi connectivity index (χ4n) is 3.51. The van der Waals surface area contributed by atoms with Crippen LogP contribution in [0.2, 0.25) is 0 Å². The Morgan fingerprint density at radius 1 is 1.22 bits per heavy atom. The number of aryl methyl sites for hydroxylation is 2. The Labute approximate surface area is 184 Å². The molecule has 32 heavy (non-hydrogen) atoms. The zero-order valence-electron chi connectivity index (χ0n) is 17.9. The van der Waals surface area contributed by atoms with Crippen LogP contribution in [-0.4, -0.2) is 46.5 Å². The van der Waals surface area contributed by atoms with E-state index in [0.717, 1.165) is 11.1 Å². The summed E-state index contributed by atoms with van der Waals surface area (Å²) in [4.78, 5) is 32.3. The monoisotopic (exact) mass is 430 g/mol. The van der Waals surface area contributed by atoms with E-state index >= 15 is 0 Å². The molecule has 162 valence electrons. The van der Waals surface area contributed by atoms with E-state index in [2.05, 4.69) is 4.98 Å². The van der Waals surface area contributed by atoms with Gasteiger partial charge >= 0.3 is 0 Å². The summed E-state index contributed by atoms with van der Waals surface area (Å²) in [5.74, 6) is 0.0889. The van der Waals surface area contributed by atoms with Crippen molar-refractivity contribution in [1.29, 1.82) is 5.26 Å². The number of fused-ring (bicyclic) bond motifs is 1. The lowest BCUT2D eigenvalue weighted by molar-refractivity contribution is -0.130. The summed E-state index contributed by atoms with van der Waals surface area (Å²) in [6, 6.07) is 12.9. The second kappa shape index (κ2) is 9.04. The molecule has 0 unspecified atom stereocenters. The average molecular weight is 430 g/mol. The SMILES string of the molecule is Cc1cccc(Oc2nc3c(C)cccn3c(=O)c2/C=C(\C#N)C(=O)N2CCOCC2)c1. The van der Waals surface area contributed by atoms with Crippen LogP contribution in [-0.2, 0) is 9.53 Å². The zero-order chi connectivity index (χ0) is 22.7. The van der Waals surface area contributed by atoms with Crippen molar-refractivity contribution in [2.24, 2.45) is 0 Å². The lowest BCUT2D eigenvalue weighted by Crippen LogP contribution is -2.41. The molecular weight excluding hydrogens is 408 g/mol. The Bertz CT molecular complexity index is 1310. The van der Waals surface area contributed by atoms with E-state index in [1.54, 1.807) is 18.3 Å². The molecule has 0 aliphatic carbocycles. The molecule has 0 bridgehead atoms. The van der Waals surface area contributed by atoms with Crippen LogP contribution in [0.4, 0.5) is 0 Å². The molecule has 1 aliphatic heterocycles. The highest BCUT2D eigenvalue weighted by Crippen LogP contribution is 2.25. The first kappa shape index (κ1) is 21.3. The molecule has 0 atom stereocenters. The van der Waals surface area contributed by atoms with Crippen LogP contribution in [0.5, 0.6) is 11.6 Å². The van der Waals surface area contributed by atoms with Gasteiger partial charge in [0.05, 0.1) is 13.2 Å². The Hall–Kier alpha value is -3.96. The van der Waals surface area contributed by atoms with Crippen molar-refractivity contribution in [3.05, 3.63) is 75.2 Å². The van der Waals surface area contributed by atoms with Gasteiger partial charge in [-0.2, -0.15) is 10.2 Å². The van der Waals surface area contributed by atoms with E-state index in [0.29, 0.717) is 37.7 Å². The van der Waals surface area contributed by atoms with Crippen LogP contribution in [0, 0.1) is 25.2 Å². The van der Waals surface area contributed by atoms with Crippen molar-refractivity contribution in [2.75, 3.05) is 26.3 Å². The maximum Gasteiger partial charge on any atom is 0.269 e. The van der Waals surface area contributed by atoms with Gasteiger partial charge in [0.1, 0.15) is 28.6 Å². The minimum Gasteiger partial charge on any atom is -0.438 e. The second-order valence-electron chi connectivity index (χ2n) is 7.51. The van der Waals surface area contributed by atoms with Crippen molar-refractivity contribution in [1.82, 2.24) is 14.3 Å². The van der Waals surface area contributed by atoms with Crippen LogP contribution in [0.25, 0.3) is 11.7 Å². The van der Waals surface area contributed by atoms with Gasteiger partial charge in [0.15, 0.2) is 0 Å². The maximum absolute atomic E-state index is 13.4. The summed E-state index contributed by atoms with van der Waals surface area (Å²) in [6.07, 6.45) is 2.87. The largest absolute Gasteiger partial charge is 0.438 e. The Kier molecular flexibility index (Phi) is 6.01. The number of aromatic nitrogens is 2. The van der Waals surface area contributed by atoms with Gasteiger partial charge in [-0.05, 0) is 49.2 Å². The first-order valence-corrected chi connectivity index (χ1v) is 10.2. The molecule has 1 fully saturated rings. The Morgan fingerprint density at radius 2 is 2.00 bits per heavy atom.